The zero-order valence-corrected chi connectivity index (χ0v) is 12.8. The molecular formula is C16H15N3O2S. The summed E-state index contributed by atoms with van der Waals surface area (Å²) < 4.78 is 6.48. The molecule has 1 amide bonds. The zero-order valence-electron chi connectivity index (χ0n) is 12.0. The minimum Gasteiger partial charge on any atom is -0.491 e. The highest BCUT2D eigenvalue weighted by molar-refractivity contribution is 7.22. The highest BCUT2D eigenvalue weighted by Crippen LogP contribution is 2.34. The molecule has 1 heterocycles. The Morgan fingerprint density at radius 3 is 2.82 bits per heavy atom. The number of benzene rings is 2. The molecule has 22 heavy (non-hydrogen) atoms. The predicted molar refractivity (Wildman–Crippen MR) is 89.6 cm³/mol. The molecule has 0 aliphatic heterocycles. The number of aromatic nitrogens is 1. The van der Waals surface area contributed by atoms with E-state index in [9.17, 15) is 4.79 Å². The van der Waals surface area contributed by atoms with Gasteiger partial charge in [-0.1, -0.05) is 29.5 Å². The van der Waals surface area contributed by atoms with Crippen LogP contribution in [0.2, 0.25) is 0 Å². The summed E-state index contributed by atoms with van der Waals surface area (Å²) in [6.07, 6.45) is 0. The van der Waals surface area contributed by atoms with Crippen molar-refractivity contribution in [3.8, 4) is 5.75 Å². The Hall–Kier alpha value is -2.60. The molecule has 1 aromatic heterocycles. The van der Waals surface area contributed by atoms with Crippen LogP contribution in [0.1, 0.15) is 17.3 Å². The molecule has 0 bridgehead atoms. The van der Waals surface area contributed by atoms with Crippen LogP contribution >= 0.6 is 11.3 Å². The van der Waals surface area contributed by atoms with E-state index in [-0.39, 0.29) is 5.91 Å². The number of hydrogen-bond acceptors (Lipinski definition) is 5. The largest absolute Gasteiger partial charge is 0.491 e. The number of carbonyl (C=O) groups is 1. The van der Waals surface area contributed by atoms with E-state index in [1.807, 2.05) is 31.2 Å². The standard InChI is InChI=1S/C16H15N3O2S/c1-2-21-12-8-11(9-13-14(12)19-16(17)22-13)18-15(20)10-6-4-3-5-7-10/h3-9H,2H2,1H3,(H2,17,19)(H,18,20). The van der Waals surface area contributed by atoms with Gasteiger partial charge in [0.05, 0.1) is 11.3 Å². The number of fused-ring (bicyclic) bond motifs is 1. The quantitative estimate of drug-likeness (QED) is 0.772. The van der Waals surface area contributed by atoms with Crippen molar-refractivity contribution in [2.75, 3.05) is 17.7 Å². The lowest BCUT2D eigenvalue weighted by Crippen LogP contribution is -2.11. The van der Waals surface area contributed by atoms with Crippen LogP contribution in [-0.4, -0.2) is 17.5 Å². The van der Waals surface area contributed by atoms with Crippen molar-refractivity contribution >= 4 is 38.3 Å². The van der Waals surface area contributed by atoms with Crippen LogP contribution in [0.5, 0.6) is 5.75 Å². The molecule has 3 rings (SSSR count). The molecule has 5 nitrogen and oxygen atoms in total. The van der Waals surface area contributed by atoms with Gasteiger partial charge in [0.15, 0.2) is 5.13 Å². The van der Waals surface area contributed by atoms with Gasteiger partial charge in [-0.05, 0) is 25.1 Å². The molecule has 0 radical (unpaired) electrons. The smallest absolute Gasteiger partial charge is 0.255 e. The van der Waals surface area contributed by atoms with Crippen molar-refractivity contribution in [1.82, 2.24) is 4.98 Å². The number of anilines is 2. The molecule has 0 aliphatic rings. The number of rotatable bonds is 4. The molecular weight excluding hydrogens is 298 g/mol. The van der Waals surface area contributed by atoms with E-state index >= 15 is 0 Å². The molecule has 0 saturated carbocycles. The first-order valence-corrected chi connectivity index (χ1v) is 7.68. The fourth-order valence-corrected chi connectivity index (χ4v) is 2.94. The Kier molecular flexibility index (Phi) is 3.93. The molecule has 0 atom stereocenters. The summed E-state index contributed by atoms with van der Waals surface area (Å²) >= 11 is 1.36. The third kappa shape index (κ3) is 2.87. The fourth-order valence-electron chi connectivity index (χ4n) is 2.15. The van der Waals surface area contributed by atoms with Gasteiger partial charge in [0.1, 0.15) is 11.3 Å². The summed E-state index contributed by atoms with van der Waals surface area (Å²) in [5.74, 6) is 0.455. The molecule has 112 valence electrons. The van der Waals surface area contributed by atoms with Crippen LogP contribution in [0.25, 0.3) is 10.2 Å². The summed E-state index contributed by atoms with van der Waals surface area (Å²) in [5.41, 5.74) is 7.75. The number of nitrogens with zero attached hydrogens (tertiary/aromatic N) is 1. The second-order valence-corrected chi connectivity index (χ2v) is 5.69. The van der Waals surface area contributed by atoms with Gasteiger partial charge in [0.25, 0.3) is 5.91 Å². The van der Waals surface area contributed by atoms with Gasteiger partial charge in [-0.15, -0.1) is 0 Å². The minimum atomic E-state index is -0.167. The molecule has 0 unspecified atom stereocenters. The van der Waals surface area contributed by atoms with Crippen LogP contribution in [-0.2, 0) is 0 Å². The lowest BCUT2D eigenvalue weighted by atomic mass is 10.2. The monoisotopic (exact) mass is 313 g/mol. The van der Waals surface area contributed by atoms with Crippen LogP contribution in [0.3, 0.4) is 0 Å². The van der Waals surface area contributed by atoms with Gasteiger partial charge < -0.3 is 15.8 Å². The Bertz CT molecular complexity index is 815. The van der Waals surface area contributed by atoms with Crippen molar-refractivity contribution in [2.24, 2.45) is 0 Å². The van der Waals surface area contributed by atoms with E-state index in [1.54, 1.807) is 18.2 Å². The summed E-state index contributed by atoms with van der Waals surface area (Å²) in [6, 6.07) is 12.7. The number of thiazole rings is 1. The van der Waals surface area contributed by atoms with Gasteiger partial charge in [0.2, 0.25) is 0 Å². The van der Waals surface area contributed by atoms with Crippen molar-refractivity contribution in [3.05, 3.63) is 48.0 Å². The first-order valence-electron chi connectivity index (χ1n) is 6.86. The van der Waals surface area contributed by atoms with Crippen LogP contribution in [0, 0.1) is 0 Å². The fraction of sp³-hybridized carbons (Fsp3) is 0.125. The third-order valence-corrected chi connectivity index (χ3v) is 3.90. The minimum absolute atomic E-state index is 0.167. The Morgan fingerprint density at radius 2 is 2.09 bits per heavy atom. The predicted octanol–water partition coefficient (Wildman–Crippen LogP) is 3.53. The number of nitrogens with two attached hydrogens (primary N) is 1. The first kappa shape index (κ1) is 14.3. The molecule has 0 saturated heterocycles. The molecule has 2 aromatic carbocycles. The number of nitrogens with one attached hydrogen (secondary N) is 1. The van der Waals surface area contributed by atoms with E-state index < -0.39 is 0 Å². The van der Waals surface area contributed by atoms with Crippen LogP contribution < -0.4 is 15.8 Å². The first-order chi connectivity index (χ1) is 10.7. The number of ether oxygens (including phenoxy) is 1. The highest BCUT2D eigenvalue weighted by atomic mass is 32.1. The Balaban J connectivity index is 1.95. The SMILES string of the molecule is CCOc1cc(NC(=O)c2ccccc2)cc2sc(N)nc12. The Labute approximate surface area is 131 Å². The van der Waals surface area contributed by atoms with E-state index in [0.29, 0.717) is 28.7 Å². The summed E-state index contributed by atoms with van der Waals surface area (Å²) in [7, 11) is 0. The van der Waals surface area contributed by atoms with E-state index in [0.717, 1.165) is 10.2 Å². The molecule has 6 heteroatoms. The van der Waals surface area contributed by atoms with E-state index in [2.05, 4.69) is 10.3 Å². The van der Waals surface area contributed by atoms with Gasteiger partial charge in [-0.25, -0.2) is 4.98 Å². The second-order valence-electron chi connectivity index (χ2n) is 4.63. The molecule has 0 fully saturated rings. The molecule has 0 aliphatic carbocycles. The van der Waals surface area contributed by atoms with E-state index in [4.69, 9.17) is 10.5 Å². The number of hydrogen-bond donors (Lipinski definition) is 2. The highest BCUT2D eigenvalue weighted by Gasteiger charge is 2.12. The Morgan fingerprint density at radius 1 is 1.32 bits per heavy atom. The maximum absolute atomic E-state index is 12.2. The lowest BCUT2D eigenvalue weighted by Gasteiger charge is -2.09. The van der Waals surface area contributed by atoms with Crippen molar-refractivity contribution < 1.29 is 9.53 Å². The van der Waals surface area contributed by atoms with Gasteiger partial charge in [0, 0.05) is 17.3 Å². The lowest BCUT2D eigenvalue weighted by molar-refractivity contribution is 0.102. The normalized spacial score (nSPS) is 10.6. The van der Waals surface area contributed by atoms with Gasteiger partial charge in [-0.2, -0.15) is 0 Å². The topological polar surface area (TPSA) is 77.2 Å². The molecule has 3 N–H and O–H groups in total. The van der Waals surface area contributed by atoms with Crippen molar-refractivity contribution in [1.29, 1.82) is 0 Å². The molecule has 3 aromatic rings. The van der Waals surface area contributed by atoms with E-state index in [1.165, 1.54) is 11.3 Å². The summed E-state index contributed by atoms with van der Waals surface area (Å²) in [5, 5.41) is 3.35. The van der Waals surface area contributed by atoms with Crippen LogP contribution in [0.4, 0.5) is 10.8 Å². The van der Waals surface area contributed by atoms with Gasteiger partial charge >= 0.3 is 0 Å². The average Bonchev–Trinajstić information content (AvgIpc) is 2.89. The zero-order chi connectivity index (χ0) is 15.5. The van der Waals surface area contributed by atoms with Crippen LogP contribution in [0.15, 0.2) is 42.5 Å². The van der Waals surface area contributed by atoms with Crippen molar-refractivity contribution in [3.63, 3.8) is 0 Å². The van der Waals surface area contributed by atoms with Gasteiger partial charge in [-0.3, -0.25) is 4.79 Å². The maximum Gasteiger partial charge on any atom is 0.255 e. The third-order valence-electron chi connectivity index (χ3n) is 3.07. The molecule has 0 spiro atoms. The second kappa shape index (κ2) is 6.03. The number of nitrogen functional groups attached to an aromatic ring is 1. The number of amides is 1. The summed E-state index contributed by atoms with van der Waals surface area (Å²) in [4.78, 5) is 16.5. The maximum atomic E-state index is 12.2. The average molecular weight is 313 g/mol. The number of carbonyl (C=O) groups excluding carboxylic acids is 1. The summed E-state index contributed by atoms with van der Waals surface area (Å²) in [6.45, 7) is 2.42. The van der Waals surface area contributed by atoms with Crippen molar-refractivity contribution in [2.45, 2.75) is 6.92 Å².